The molecule has 0 unspecified atom stereocenters. The Morgan fingerprint density at radius 3 is 2.43 bits per heavy atom. The highest BCUT2D eigenvalue weighted by Crippen LogP contribution is 2.41. The molecular weight excluding hydrogens is 578 g/mol. The van der Waals surface area contributed by atoms with E-state index in [0.717, 1.165) is 40.8 Å². The van der Waals surface area contributed by atoms with Crippen molar-refractivity contribution in [3.8, 4) is 11.5 Å². The number of carbonyl (C=O) groups is 2. The van der Waals surface area contributed by atoms with Crippen LogP contribution < -0.4 is 15.0 Å². The number of allylic oxidation sites excluding steroid dienone is 1. The fraction of sp³-hybridized carbons (Fsp3) is 0.368. The second-order valence-corrected chi connectivity index (χ2v) is 12.4. The average Bonchev–Trinajstić information content (AvgIpc) is 3.10. The van der Waals surface area contributed by atoms with Crippen molar-refractivity contribution < 1.29 is 24.2 Å². The largest absolute Gasteiger partial charge is 0.504 e. The first kappa shape index (κ1) is 31.4. The van der Waals surface area contributed by atoms with E-state index in [1.165, 1.54) is 31.9 Å². The van der Waals surface area contributed by atoms with E-state index in [-0.39, 0.29) is 24.1 Å². The lowest BCUT2D eigenvalue weighted by molar-refractivity contribution is -0.131. The molecule has 3 aromatic rings. The number of nitrogens with one attached hydrogen (secondary N) is 1. The van der Waals surface area contributed by atoms with Crippen molar-refractivity contribution >= 4 is 35.2 Å². The zero-order valence-electron chi connectivity index (χ0n) is 26.8. The molecule has 0 atom stereocenters. The fourth-order valence-electron chi connectivity index (χ4n) is 6.79. The highest BCUT2D eigenvalue weighted by molar-refractivity contribution is 6.02. The summed E-state index contributed by atoms with van der Waals surface area (Å²) in [6.07, 6.45) is 10.3. The third-order valence-corrected chi connectivity index (χ3v) is 9.34. The summed E-state index contributed by atoms with van der Waals surface area (Å²) >= 11 is 0. The summed E-state index contributed by atoms with van der Waals surface area (Å²) in [4.78, 5) is 31.4. The highest BCUT2D eigenvalue weighted by atomic mass is 16.5. The van der Waals surface area contributed by atoms with Crippen LogP contribution in [0.4, 0.5) is 5.69 Å². The quantitative estimate of drug-likeness (QED) is 0.344. The van der Waals surface area contributed by atoms with E-state index in [4.69, 9.17) is 9.47 Å². The molecule has 8 heteroatoms. The number of benzene rings is 3. The van der Waals surface area contributed by atoms with Gasteiger partial charge in [-0.25, -0.2) is 0 Å². The van der Waals surface area contributed by atoms with Crippen molar-refractivity contribution in [2.45, 2.75) is 38.6 Å². The molecule has 2 fully saturated rings. The number of phenols is 1. The van der Waals surface area contributed by atoms with E-state index in [0.29, 0.717) is 55.7 Å². The van der Waals surface area contributed by atoms with Gasteiger partial charge in [0.05, 0.1) is 20.3 Å². The average molecular weight is 622 g/mol. The number of anilines is 1. The molecule has 240 valence electrons. The number of hydrogen-bond acceptors (Lipinski definition) is 6. The molecule has 2 amide bonds. The molecule has 46 heavy (non-hydrogen) atoms. The van der Waals surface area contributed by atoms with Gasteiger partial charge in [0.2, 0.25) is 0 Å². The van der Waals surface area contributed by atoms with Crippen molar-refractivity contribution in [2.24, 2.45) is 5.92 Å². The van der Waals surface area contributed by atoms with Crippen LogP contribution in [0, 0.1) is 5.92 Å². The number of ether oxygens (including phenoxy) is 2. The molecule has 0 aromatic heterocycles. The zero-order valence-corrected chi connectivity index (χ0v) is 26.8. The highest BCUT2D eigenvalue weighted by Gasteiger charge is 2.27. The van der Waals surface area contributed by atoms with Gasteiger partial charge in [0.15, 0.2) is 11.5 Å². The van der Waals surface area contributed by atoms with Crippen LogP contribution in [0.25, 0.3) is 17.7 Å². The SMILES string of the molecule is COc1cc(CNC(=O)c2ccc3c(c2)N(C)C/C(C(=O)N2CCOCC2)=C\c2ccccc2/C=C/3C2CCCCC2)ccc1O. The molecule has 6 rings (SSSR count). The molecule has 2 N–H and O–H groups in total. The summed E-state index contributed by atoms with van der Waals surface area (Å²) in [5.74, 6) is 0.645. The lowest BCUT2D eigenvalue weighted by atomic mass is 9.79. The predicted molar refractivity (Wildman–Crippen MR) is 182 cm³/mol. The topological polar surface area (TPSA) is 91.3 Å². The normalized spacial score (nSPS) is 19.5. The summed E-state index contributed by atoms with van der Waals surface area (Å²) in [5, 5.41) is 13.0. The van der Waals surface area contributed by atoms with E-state index >= 15 is 0 Å². The van der Waals surface area contributed by atoms with E-state index < -0.39 is 0 Å². The summed E-state index contributed by atoms with van der Waals surface area (Å²) in [5.41, 5.74) is 7.50. The van der Waals surface area contributed by atoms with Crippen molar-refractivity contribution in [1.29, 1.82) is 0 Å². The lowest BCUT2D eigenvalue weighted by Crippen LogP contribution is -2.43. The van der Waals surface area contributed by atoms with Crippen LogP contribution in [0.2, 0.25) is 0 Å². The Balaban J connectivity index is 1.39. The minimum atomic E-state index is -0.200. The molecular formula is C38H43N3O5. The van der Waals surface area contributed by atoms with Crippen molar-refractivity contribution in [2.75, 3.05) is 51.9 Å². The monoisotopic (exact) mass is 621 g/mol. The maximum absolute atomic E-state index is 13.9. The molecule has 0 radical (unpaired) electrons. The molecule has 2 aliphatic heterocycles. The van der Waals surface area contributed by atoms with Crippen LogP contribution in [0.1, 0.15) is 64.7 Å². The number of fused-ring (bicyclic) bond motifs is 2. The molecule has 1 aliphatic carbocycles. The first-order valence-electron chi connectivity index (χ1n) is 16.3. The number of phenolic OH excluding ortho intramolecular Hbond substituents is 1. The maximum Gasteiger partial charge on any atom is 0.251 e. The van der Waals surface area contributed by atoms with E-state index in [2.05, 4.69) is 40.6 Å². The van der Waals surface area contributed by atoms with Gasteiger partial charge in [-0.2, -0.15) is 0 Å². The standard InChI is InChI=1S/C38H43N3O5/c1-40-25-31(38(44)41-16-18-46-19-17-41)21-28-10-6-7-11-29(28)22-33(27-8-4-3-5-9-27)32-14-13-30(23-34(32)40)37(43)39-24-26-12-15-35(42)36(20-26)45-2/h6-7,10-15,20-23,27,42H,3-5,8-9,16-19,24-25H2,1-2H3,(H,39,43)/b31-21+,33-22+. The number of aromatic hydroxyl groups is 1. The van der Waals surface area contributed by atoms with Gasteiger partial charge in [0, 0.05) is 55.6 Å². The third-order valence-electron chi connectivity index (χ3n) is 9.34. The second kappa shape index (κ2) is 14.3. The van der Waals surface area contributed by atoms with Gasteiger partial charge in [-0.05, 0) is 71.4 Å². The number of rotatable bonds is 6. The van der Waals surface area contributed by atoms with E-state index in [9.17, 15) is 14.7 Å². The minimum Gasteiger partial charge on any atom is -0.504 e. The lowest BCUT2D eigenvalue weighted by Gasteiger charge is -2.32. The van der Waals surface area contributed by atoms with Gasteiger partial charge in [-0.15, -0.1) is 0 Å². The van der Waals surface area contributed by atoms with Crippen LogP contribution in [-0.2, 0) is 16.1 Å². The number of morpholine rings is 1. The smallest absolute Gasteiger partial charge is 0.251 e. The van der Waals surface area contributed by atoms with Crippen LogP contribution in [0.3, 0.4) is 0 Å². The van der Waals surface area contributed by atoms with Gasteiger partial charge < -0.3 is 29.7 Å². The summed E-state index contributed by atoms with van der Waals surface area (Å²) in [6, 6.07) is 19.3. The third kappa shape index (κ3) is 6.97. The van der Waals surface area contributed by atoms with Crippen molar-refractivity contribution in [1.82, 2.24) is 10.2 Å². The van der Waals surface area contributed by atoms with Crippen LogP contribution in [0.15, 0.2) is 66.2 Å². The first-order chi connectivity index (χ1) is 22.4. The van der Waals surface area contributed by atoms with Gasteiger partial charge in [-0.3, -0.25) is 9.59 Å². The Labute approximate surface area is 271 Å². The fourth-order valence-corrected chi connectivity index (χ4v) is 6.79. The Morgan fingerprint density at radius 1 is 0.957 bits per heavy atom. The van der Waals surface area contributed by atoms with Gasteiger partial charge in [-0.1, -0.05) is 61.7 Å². The minimum absolute atomic E-state index is 0.0155. The van der Waals surface area contributed by atoms with Gasteiger partial charge >= 0.3 is 0 Å². The van der Waals surface area contributed by atoms with E-state index in [1.807, 2.05) is 36.2 Å². The number of hydrogen-bond donors (Lipinski definition) is 2. The number of amides is 2. The Hall–Kier alpha value is -4.56. The number of likely N-dealkylation sites (N-methyl/N-ethyl adjacent to an activating group) is 1. The van der Waals surface area contributed by atoms with Crippen LogP contribution >= 0.6 is 0 Å². The zero-order chi connectivity index (χ0) is 32.0. The molecule has 0 spiro atoms. The predicted octanol–water partition coefficient (Wildman–Crippen LogP) is 6.14. The molecule has 2 heterocycles. The van der Waals surface area contributed by atoms with Crippen LogP contribution in [0.5, 0.6) is 11.5 Å². The second-order valence-electron chi connectivity index (χ2n) is 12.4. The van der Waals surface area contributed by atoms with Gasteiger partial charge in [0.25, 0.3) is 11.8 Å². The number of nitrogens with zero attached hydrogens (tertiary/aromatic N) is 2. The van der Waals surface area contributed by atoms with Crippen molar-refractivity contribution in [3.05, 3.63) is 94.1 Å². The van der Waals surface area contributed by atoms with Gasteiger partial charge in [0.1, 0.15) is 0 Å². The Kier molecular flexibility index (Phi) is 9.73. The molecule has 8 nitrogen and oxygen atoms in total. The summed E-state index contributed by atoms with van der Waals surface area (Å²) in [6.45, 7) is 2.90. The Morgan fingerprint density at radius 2 is 1.70 bits per heavy atom. The molecule has 3 aliphatic rings. The summed E-state index contributed by atoms with van der Waals surface area (Å²) in [7, 11) is 3.51. The Bertz CT molecular complexity index is 1650. The van der Waals surface area contributed by atoms with Crippen molar-refractivity contribution in [3.63, 3.8) is 0 Å². The molecule has 1 saturated heterocycles. The van der Waals surface area contributed by atoms with Crippen LogP contribution in [-0.4, -0.2) is 68.8 Å². The van der Waals surface area contributed by atoms with E-state index in [1.54, 1.807) is 18.2 Å². The first-order valence-corrected chi connectivity index (χ1v) is 16.3. The molecule has 3 aromatic carbocycles. The number of carbonyl (C=O) groups excluding carboxylic acids is 2. The molecule has 1 saturated carbocycles. The molecule has 0 bridgehead atoms. The maximum atomic E-state index is 13.9. The number of methoxy groups -OCH3 is 1. The summed E-state index contributed by atoms with van der Waals surface area (Å²) < 4.78 is 10.8.